The number of aliphatic carboxylic acids is 1. The summed E-state index contributed by atoms with van der Waals surface area (Å²) in [7, 11) is 0. The number of pyridine rings is 1. The van der Waals surface area contributed by atoms with Gasteiger partial charge < -0.3 is 10.0 Å². The van der Waals surface area contributed by atoms with Crippen molar-refractivity contribution in [2.45, 2.75) is 12.6 Å². The van der Waals surface area contributed by atoms with Crippen LogP contribution in [0, 0.1) is 5.92 Å². The molecule has 18 heavy (non-hydrogen) atoms. The molecule has 1 aromatic heterocycles. The SMILES string of the molecule is O=C(O)CC1CN(c2ccnc(C(F)(F)F)c2)C1. The molecule has 0 saturated carbocycles. The minimum atomic E-state index is -4.46. The Hall–Kier alpha value is -1.79. The molecule has 1 N–H and O–H groups in total. The Labute approximate surface area is 101 Å². The van der Waals surface area contributed by atoms with E-state index in [0.29, 0.717) is 18.8 Å². The lowest BCUT2D eigenvalue weighted by molar-refractivity contribution is -0.141. The molecule has 1 aliphatic rings. The normalized spacial score (nSPS) is 16.5. The second-order valence-electron chi connectivity index (χ2n) is 4.27. The fraction of sp³-hybridized carbons (Fsp3) is 0.455. The lowest BCUT2D eigenvalue weighted by atomic mass is 9.96. The predicted octanol–water partition coefficient (Wildman–Crippen LogP) is 2.01. The highest BCUT2D eigenvalue weighted by molar-refractivity contribution is 5.68. The van der Waals surface area contributed by atoms with Crippen LogP contribution in [0.25, 0.3) is 0 Å². The van der Waals surface area contributed by atoms with Crippen LogP contribution in [0.4, 0.5) is 18.9 Å². The van der Waals surface area contributed by atoms with Gasteiger partial charge in [0.1, 0.15) is 5.69 Å². The maximum absolute atomic E-state index is 12.4. The van der Waals surface area contributed by atoms with Gasteiger partial charge in [-0.05, 0) is 12.1 Å². The number of rotatable bonds is 3. The summed E-state index contributed by atoms with van der Waals surface area (Å²) >= 11 is 0. The van der Waals surface area contributed by atoms with E-state index in [-0.39, 0.29) is 12.3 Å². The van der Waals surface area contributed by atoms with Crippen molar-refractivity contribution in [2.75, 3.05) is 18.0 Å². The van der Waals surface area contributed by atoms with Gasteiger partial charge >= 0.3 is 12.1 Å². The maximum Gasteiger partial charge on any atom is 0.433 e. The topological polar surface area (TPSA) is 53.4 Å². The lowest BCUT2D eigenvalue weighted by Crippen LogP contribution is -2.47. The van der Waals surface area contributed by atoms with E-state index in [1.54, 1.807) is 4.90 Å². The predicted molar refractivity (Wildman–Crippen MR) is 57.2 cm³/mol. The summed E-state index contributed by atoms with van der Waals surface area (Å²) in [5.41, 5.74) is -0.499. The zero-order valence-corrected chi connectivity index (χ0v) is 9.31. The van der Waals surface area contributed by atoms with Gasteiger partial charge in [0.25, 0.3) is 0 Å². The molecule has 0 amide bonds. The van der Waals surface area contributed by atoms with Crippen molar-refractivity contribution >= 4 is 11.7 Å². The fourth-order valence-electron chi connectivity index (χ4n) is 1.93. The Balaban J connectivity index is 2.02. The summed E-state index contributed by atoms with van der Waals surface area (Å²) in [5.74, 6) is -0.879. The smallest absolute Gasteiger partial charge is 0.433 e. The standard InChI is InChI=1S/C11H11F3N2O2/c12-11(13,14)9-4-8(1-2-15-9)16-5-7(6-16)3-10(17)18/h1-2,4,7H,3,5-6H2,(H,17,18). The first-order valence-corrected chi connectivity index (χ1v) is 5.36. The molecule has 1 aromatic rings. The van der Waals surface area contributed by atoms with Crippen molar-refractivity contribution in [2.24, 2.45) is 5.92 Å². The number of carboxylic acid groups (broad SMARTS) is 1. The van der Waals surface area contributed by atoms with Crippen LogP contribution >= 0.6 is 0 Å². The number of alkyl halides is 3. The van der Waals surface area contributed by atoms with Gasteiger partial charge in [-0.2, -0.15) is 13.2 Å². The number of anilines is 1. The molecule has 4 nitrogen and oxygen atoms in total. The molecule has 98 valence electrons. The zero-order chi connectivity index (χ0) is 13.3. The highest BCUT2D eigenvalue weighted by Crippen LogP contribution is 2.32. The Bertz CT molecular complexity index is 456. The lowest BCUT2D eigenvalue weighted by Gasteiger charge is -2.40. The zero-order valence-electron chi connectivity index (χ0n) is 9.31. The molecule has 0 unspecified atom stereocenters. The third-order valence-electron chi connectivity index (χ3n) is 2.82. The van der Waals surface area contributed by atoms with Crippen LogP contribution < -0.4 is 4.90 Å². The molecule has 0 radical (unpaired) electrons. The largest absolute Gasteiger partial charge is 0.481 e. The van der Waals surface area contributed by atoms with Crippen LogP contribution in [-0.4, -0.2) is 29.1 Å². The molecular formula is C11H11F3N2O2. The van der Waals surface area contributed by atoms with E-state index in [0.717, 1.165) is 12.3 Å². The molecule has 7 heteroatoms. The van der Waals surface area contributed by atoms with Gasteiger partial charge in [-0.15, -0.1) is 0 Å². The van der Waals surface area contributed by atoms with E-state index in [1.807, 2.05) is 0 Å². The number of carbonyl (C=O) groups is 1. The summed E-state index contributed by atoms with van der Waals surface area (Å²) < 4.78 is 37.3. The fourth-order valence-corrected chi connectivity index (χ4v) is 1.93. The number of nitrogens with zero attached hydrogens (tertiary/aromatic N) is 2. The molecule has 0 spiro atoms. The van der Waals surface area contributed by atoms with Gasteiger partial charge in [-0.3, -0.25) is 9.78 Å². The monoisotopic (exact) mass is 260 g/mol. The Morgan fingerprint density at radius 3 is 2.72 bits per heavy atom. The third-order valence-corrected chi connectivity index (χ3v) is 2.82. The van der Waals surface area contributed by atoms with Crippen molar-refractivity contribution in [3.8, 4) is 0 Å². The number of hydrogen-bond donors (Lipinski definition) is 1. The molecule has 2 heterocycles. The van der Waals surface area contributed by atoms with E-state index < -0.39 is 17.8 Å². The minimum absolute atomic E-state index is 0.00463. The van der Waals surface area contributed by atoms with E-state index in [9.17, 15) is 18.0 Å². The quantitative estimate of drug-likeness (QED) is 0.903. The van der Waals surface area contributed by atoms with Gasteiger partial charge in [0.05, 0.1) is 6.42 Å². The van der Waals surface area contributed by atoms with Crippen molar-refractivity contribution in [1.29, 1.82) is 0 Å². The number of aromatic nitrogens is 1. The van der Waals surface area contributed by atoms with Crippen LogP contribution in [0.5, 0.6) is 0 Å². The average molecular weight is 260 g/mol. The molecule has 1 saturated heterocycles. The molecule has 0 aliphatic carbocycles. The minimum Gasteiger partial charge on any atom is -0.481 e. The summed E-state index contributed by atoms with van der Waals surface area (Å²) in [6.07, 6.45) is -3.29. The Kier molecular flexibility index (Phi) is 3.14. The van der Waals surface area contributed by atoms with Crippen LogP contribution in [0.1, 0.15) is 12.1 Å². The third kappa shape index (κ3) is 2.72. The van der Waals surface area contributed by atoms with Crippen LogP contribution in [0.2, 0.25) is 0 Å². The molecule has 0 atom stereocenters. The summed E-state index contributed by atoms with van der Waals surface area (Å²) in [6, 6.07) is 2.48. The van der Waals surface area contributed by atoms with Gasteiger partial charge in [0.15, 0.2) is 0 Å². The van der Waals surface area contributed by atoms with Crippen LogP contribution in [-0.2, 0) is 11.0 Å². The first-order chi connectivity index (χ1) is 8.36. The van der Waals surface area contributed by atoms with Crippen LogP contribution in [0.3, 0.4) is 0 Å². The summed E-state index contributed by atoms with van der Waals surface area (Å²) in [4.78, 5) is 15.4. The first-order valence-electron chi connectivity index (χ1n) is 5.36. The second kappa shape index (κ2) is 4.47. The molecule has 2 rings (SSSR count). The van der Waals surface area contributed by atoms with E-state index >= 15 is 0 Å². The van der Waals surface area contributed by atoms with E-state index in [2.05, 4.69) is 4.98 Å². The highest BCUT2D eigenvalue weighted by Gasteiger charge is 2.34. The molecule has 0 aromatic carbocycles. The Morgan fingerprint density at radius 2 is 2.17 bits per heavy atom. The van der Waals surface area contributed by atoms with E-state index in [1.165, 1.54) is 6.07 Å². The molecule has 1 fully saturated rings. The summed E-state index contributed by atoms with van der Waals surface area (Å²) in [5, 5.41) is 8.58. The maximum atomic E-state index is 12.4. The number of halogens is 3. The summed E-state index contributed by atoms with van der Waals surface area (Å²) in [6.45, 7) is 0.932. The molecule has 0 bridgehead atoms. The number of hydrogen-bond acceptors (Lipinski definition) is 3. The first kappa shape index (κ1) is 12.7. The second-order valence-corrected chi connectivity index (χ2v) is 4.27. The van der Waals surface area contributed by atoms with Crippen molar-refractivity contribution in [3.05, 3.63) is 24.0 Å². The van der Waals surface area contributed by atoms with Gasteiger partial charge in [-0.1, -0.05) is 0 Å². The molecular weight excluding hydrogens is 249 g/mol. The van der Waals surface area contributed by atoms with Crippen molar-refractivity contribution in [3.63, 3.8) is 0 Å². The van der Waals surface area contributed by atoms with E-state index in [4.69, 9.17) is 5.11 Å². The van der Waals surface area contributed by atoms with Crippen molar-refractivity contribution < 1.29 is 23.1 Å². The number of carboxylic acids is 1. The highest BCUT2D eigenvalue weighted by atomic mass is 19.4. The van der Waals surface area contributed by atoms with Crippen molar-refractivity contribution in [1.82, 2.24) is 4.98 Å². The van der Waals surface area contributed by atoms with Gasteiger partial charge in [0.2, 0.25) is 0 Å². The molecule has 1 aliphatic heterocycles. The van der Waals surface area contributed by atoms with Gasteiger partial charge in [-0.25, -0.2) is 0 Å². The Morgan fingerprint density at radius 1 is 1.50 bits per heavy atom. The van der Waals surface area contributed by atoms with Crippen LogP contribution in [0.15, 0.2) is 18.3 Å². The average Bonchev–Trinajstić information content (AvgIpc) is 2.21. The van der Waals surface area contributed by atoms with Gasteiger partial charge in [0, 0.05) is 30.9 Å².